The van der Waals surface area contributed by atoms with Gasteiger partial charge in [0.15, 0.2) is 0 Å². The van der Waals surface area contributed by atoms with E-state index >= 15 is 0 Å². The van der Waals surface area contributed by atoms with Gasteiger partial charge in [-0.15, -0.1) is 0 Å². The van der Waals surface area contributed by atoms with Gasteiger partial charge in [0.05, 0.1) is 17.4 Å². The van der Waals surface area contributed by atoms with E-state index in [1.807, 2.05) is 24.5 Å². The maximum atomic E-state index is 5.70. The lowest BCUT2D eigenvalue weighted by Gasteiger charge is -2.07. The van der Waals surface area contributed by atoms with Gasteiger partial charge in [0, 0.05) is 17.2 Å². The largest absolute Gasteiger partial charge is 0.444 e. The Morgan fingerprint density at radius 3 is 2.71 bits per heavy atom. The molecule has 0 aliphatic heterocycles. The molecule has 2 aromatic carbocycles. The Hall–Kier alpha value is -2.88. The van der Waals surface area contributed by atoms with Crippen molar-refractivity contribution < 1.29 is 4.42 Å². The average Bonchev–Trinajstić information content (AvgIpc) is 3.21. The van der Waals surface area contributed by atoms with E-state index in [2.05, 4.69) is 59.6 Å². The Morgan fingerprint density at radius 1 is 1.08 bits per heavy atom. The van der Waals surface area contributed by atoms with E-state index in [-0.39, 0.29) is 0 Å². The van der Waals surface area contributed by atoms with Crippen LogP contribution in [-0.4, -0.2) is 14.5 Å². The van der Waals surface area contributed by atoms with Crippen molar-refractivity contribution >= 4 is 11.0 Å². The third kappa shape index (κ3) is 2.40. The molecule has 4 heteroatoms. The summed E-state index contributed by atoms with van der Waals surface area (Å²) in [6.07, 6.45) is 3.60. The fourth-order valence-electron chi connectivity index (χ4n) is 2.95. The Morgan fingerprint density at radius 2 is 1.92 bits per heavy atom. The molecule has 4 nitrogen and oxygen atoms in total. The van der Waals surface area contributed by atoms with Crippen LogP contribution in [0.2, 0.25) is 0 Å². The van der Waals surface area contributed by atoms with Crippen LogP contribution in [0.5, 0.6) is 0 Å². The molecule has 0 saturated carbocycles. The van der Waals surface area contributed by atoms with E-state index in [0.717, 1.165) is 33.4 Å². The first-order valence-corrected chi connectivity index (χ1v) is 8.12. The van der Waals surface area contributed by atoms with Crippen molar-refractivity contribution in [1.29, 1.82) is 0 Å². The summed E-state index contributed by atoms with van der Waals surface area (Å²) in [6, 6.07) is 14.7. The van der Waals surface area contributed by atoms with E-state index in [4.69, 9.17) is 4.42 Å². The molecule has 120 valence electrons. The Bertz CT molecular complexity index is 1010. The van der Waals surface area contributed by atoms with Gasteiger partial charge in [-0.2, -0.15) is 0 Å². The lowest BCUT2D eigenvalue weighted by Crippen LogP contribution is -1.97. The summed E-state index contributed by atoms with van der Waals surface area (Å²) >= 11 is 0. The van der Waals surface area contributed by atoms with Gasteiger partial charge in [0.2, 0.25) is 5.89 Å². The van der Waals surface area contributed by atoms with Crippen LogP contribution in [0.1, 0.15) is 25.5 Å². The number of nitrogens with zero attached hydrogens (tertiary/aromatic N) is 3. The van der Waals surface area contributed by atoms with Crippen LogP contribution < -0.4 is 0 Å². The zero-order valence-corrected chi connectivity index (χ0v) is 14.0. The number of fused-ring (bicyclic) bond motifs is 1. The standard InChI is InChI=1S/C20H19N3O/c1-13(2)23-12-21-17-10-15(8-9-19(17)23)18-11-24-20(22-18)16-7-5-4-6-14(16)3/h4-13H,1-3H3. The van der Waals surface area contributed by atoms with Crippen LogP contribution in [0.4, 0.5) is 0 Å². The average molecular weight is 317 g/mol. The lowest BCUT2D eigenvalue weighted by molar-refractivity contribution is 0.574. The van der Waals surface area contributed by atoms with E-state index in [9.17, 15) is 0 Å². The van der Waals surface area contributed by atoms with Crippen molar-refractivity contribution in [2.24, 2.45) is 0 Å². The van der Waals surface area contributed by atoms with E-state index in [0.29, 0.717) is 11.9 Å². The van der Waals surface area contributed by atoms with Crippen molar-refractivity contribution in [3.8, 4) is 22.7 Å². The fraction of sp³-hybridized carbons (Fsp3) is 0.200. The van der Waals surface area contributed by atoms with Crippen LogP contribution in [0.15, 0.2) is 59.5 Å². The number of hydrogen-bond acceptors (Lipinski definition) is 3. The highest BCUT2D eigenvalue weighted by Crippen LogP contribution is 2.28. The number of oxazole rings is 1. The number of aromatic nitrogens is 3. The molecule has 0 aliphatic carbocycles. The summed E-state index contributed by atoms with van der Waals surface area (Å²) in [5, 5.41) is 0. The molecule has 4 rings (SSSR count). The zero-order valence-electron chi connectivity index (χ0n) is 14.0. The van der Waals surface area contributed by atoms with Gasteiger partial charge in [-0.3, -0.25) is 0 Å². The van der Waals surface area contributed by atoms with E-state index in [1.54, 1.807) is 6.26 Å². The van der Waals surface area contributed by atoms with Crippen LogP contribution in [0.25, 0.3) is 33.7 Å². The highest BCUT2D eigenvalue weighted by Gasteiger charge is 2.12. The zero-order chi connectivity index (χ0) is 16.7. The molecular weight excluding hydrogens is 298 g/mol. The van der Waals surface area contributed by atoms with Gasteiger partial charge >= 0.3 is 0 Å². The van der Waals surface area contributed by atoms with Crippen molar-refractivity contribution in [3.63, 3.8) is 0 Å². The van der Waals surface area contributed by atoms with Crippen LogP contribution in [0, 0.1) is 6.92 Å². The maximum Gasteiger partial charge on any atom is 0.226 e. The third-order valence-electron chi connectivity index (χ3n) is 4.31. The molecule has 0 unspecified atom stereocenters. The molecule has 0 atom stereocenters. The van der Waals surface area contributed by atoms with E-state index in [1.165, 1.54) is 0 Å². The van der Waals surface area contributed by atoms with Gasteiger partial charge in [-0.05, 0) is 44.5 Å². The summed E-state index contributed by atoms with van der Waals surface area (Å²) in [6.45, 7) is 6.37. The highest BCUT2D eigenvalue weighted by atomic mass is 16.3. The van der Waals surface area contributed by atoms with Gasteiger partial charge < -0.3 is 8.98 Å². The van der Waals surface area contributed by atoms with Crippen LogP contribution in [-0.2, 0) is 0 Å². The Balaban J connectivity index is 1.75. The minimum Gasteiger partial charge on any atom is -0.444 e. The SMILES string of the molecule is Cc1ccccc1-c1nc(-c2ccc3c(c2)ncn3C(C)C)co1. The molecule has 0 spiro atoms. The molecule has 0 N–H and O–H groups in total. The second-order valence-electron chi connectivity index (χ2n) is 6.30. The smallest absolute Gasteiger partial charge is 0.226 e. The minimum atomic E-state index is 0.389. The highest BCUT2D eigenvalue weighted by molar-refractivity contribution is 5.81. The van der Waals surface area contributed by atoms with E-state index < -0.39 is 0 Å². The van der Waals surface area contributed by atoms with Gasteiger partial charge in [0.25, 0.3) is 0 Å². The van der Waals surface area contributed by atoms with Gasteiger partial charge in [-0.1, -0.05) is 24.3 Å². The van der Waals surface area contributed by atoms with Crippen molar-refractivity contribution in [2.75, 3.05) is 0 Å². The summed E-state index contributed by atoms with van der Waals surface area (Å²) in [4.78, 5) is 9.17. The molecule has 0 saturated heterocycles. The van der Waals surface area contributed by atoms with Gasteiger partial charge in [-0.25, -0.2) is 9.97 Å². The number of hydrogen-bond donors (Lipinski definition) is 0. The molecular formula is C20H19N3O. The topological polar surface area (TPSA) is 43.9 Å². The number of aryl methyl sites for hydroxylation is 1. The summed E-state index contributed by atoms with van der Waals surface area (Å²) < 4.78 is 7.87. The summed E-state index contributed by atoms with van der Waals surface area (Å²) in [5.41, 5.74) is 6.12. The Labute approximate surface area is 140 Å². The van der Waals surface area contributed by atoms with Crippen LogP contribution >= 0.6 is 0 Å². The Kier molecular flexibility index (Phi) is 3.45. The predicted octanol–water partition coefficient (Wildman–Crippen LogP) is 5.25. The van der Waals surface area contributed by atoms with Crippen molar-refractivity contribution in [2.45, 2.75) is 26.8 Å². The quantitative estimate of drug-likeness (QED) is 0.518. The molecule has 4 aromatic rings. The summed E-state index contributed by atoms with van der Waals surface area (Å²) in [5.74, 6) is 0.649. The molecule has 0 bridgehead atoms. The van der Waals surface area contributed by atoms with Gasteiger partial charge in [0.1, 0.15) is 12.0 Å². The molecule has 0 amide bonds. The summed E-state index contributed by atoms with van der Waals surface area (Å²) in [7, 11) is 0. The first-order valence-electron chi connectivity index (χ1n) is 8.12. The molecule has 0 fully saturated rings. The fourth-order valence-corrected chi connectivity index (χ4v) is 2.95. The molecule has 24 heavy (non-hydrogen) atoms. The normalized spacial score (nSPS) is 11.5. The molecule has 2 aromatic heterocycles. The molecule has 0 aliphatic rings. The maximum absolute atomic E-state index is 5.70. The second-order valence-corrected chi connectivity index (χ2v) is 6.30. The predicted molar refractivity (Wildman–Crippen MR) is 95.8 cm³/mol. The van der Waals surface area contributed by atoms with Crippen LogP contribution in [0.3, 0.4) is 0 Å². The third-order valence-corrected chi connectivity index (χ3v) is 4.31. The lowest BCUT2D eigenvalue weighted by atomic mass is 10.1. The minimum absolute atomic E-state index is 0.389. The first-order chi connectivity index (χ1) is 11.6. The van der Waals surface area contributed by atoms with Crippen molar-refractivity contribution in [3.05, 3.63) is 60.6 Å². The monoisotopic (exact) mass is 317 g/mol. The number of imidazole rings is 1. The van der Waals surface area contributed by atoms with Crippen molar-refractivity contribution in [1.82, 2.24) is 14.5 Å². The second kappa shape index (κ2) is 5.64. The first kappa shape index (κ1) is 14.7. The number of rotatable bonds is 3. The number of benzene rings is 2. The molecule has 2 heterocycles. The molecule has 0 radical (unpaired) electrons.